The lowest BCUT2D eigenvalue weighted by atomic mass is 10.2. The predicted molar refractivity (Wildman–Crippen MR) is 70.3 cm³/mol. The van der Waals surface area contributed by atoms with Crippen LogP contribution in [0.25, 0.3) is 0 Å². The maximum Gasteiger partial charge on any atom is 0.188 e. The van der Waals surface area contributed by atoms with Gasteiger partial charge < -0.3 is 11.1 Å². The van der Waals surface area contributed by atoms with Gasteiger partial charge in [-0.3, -0.25) is 0 Å². The van der Waals surface area contributed by atoms with E-state index < -0.39 is 0 Å². The molecule has 16 heavy (non-hydrogen) atoms. The molecule has 0 unspecified atom stereocenters. The van der Waals surface area contributed by atoms with Crippen molar-refractivity contribution in [3.63, 3.8) is 0 Å². The third-order valence-electron chi connectivity index (χ3n) is 1.90. The lowest BCUT2D eigenvalue weighted by Gasteiger charge is -2.03. The summed E-state index contributed by atoms with van der Waals surface area (Å²) in [4.78, 5) is 8.81. The summed E-state index contributed by atoms with van der Waals surface area (Å²) in [6.07, 6.45) is 1.66. The summed E-state index contributed by atoms with van der Waals surface area (Å²) >= 11 is 6.43. The smallest absolute Gasteiger partial charge is 0.188 e. The number of rotatable bonds is 3. The van der Waals surface area contributed by atoms with Gasteiger partial charge in [0.1, 0.15) is 10.8 Å². The first-order valence-corrected chi connectivity index (χ1v) is 5.89. The molecule has 2 aromatic rings. The summed E-state index contributed by atoms with van der Waals surface area (Å²) in [5, 5.41) is 5.88. The Labute approximate surface area is 103 Å². The second-order valence-electron chi connectivity index (χ2n) is 3.21. The van der Waals surface area contributed by atoms with Gasteiger partial charge in [0.05, 0.1) is 5.69 Å². The molecule has 2 heterocycles. The summed E-state index contributed by atoms with van der Waals surface area (Å²) in [6, 6.07) is 3.58. The van der Waals surface area contributed by atoms with E-state index in [-0.39, 0.29) is 0 Å². The van der Waals surface area contributed by atoms with Crippen LogP contribution in [0.4, 0.5) is 10.9 Å². The number of aryl methyl sites for hydroxylation is 1. The minimum atomic E-state index is 0.362. The Morgan fingerprint density at radius 2 is 2.38 bits per heavy atom. The zero-order chi connectivity index (χ0) is 11.5. The maximum atomic E-state index is 5.54. The van der Waals surface area contributed by atoms with E-state index in [4.69, 9.17) is 18.0 Å². The molecule has 6 heteroatoms. The average molecular weight is 250 g/mol. The van der Waals surface area contributed by atoms with Crippen LogP contribution in [0.1, 0.15) is 11.3 Å². The summed E-state index contributed by atoms with van der Waals surface area (Å²) in [5.41, 5.74) is 7.32. The van der Waals surface area contributed by atoms with Crippen molar-refractivity contribution in [3.05, 3.63) is 35.0 Å². The highest BCUT2D eigenvalue weighted by molar-refractivity contribution is 7.80. The molecule has 0 amide bonds. The minimum absolute atomic E-state index is 0.362. The zero-order valence-corrected chi connectivity index (χ0v) is 10.2. The van der Waals surface area contributed by atoms with Gasteiger partial charge >= 0.3 is 0 Å². The van der Waals surface area contributed by atoms with E-state index in [0.717, 1.165) is 16.4 Å². The number of anilines is 2. The Morgan fingerprint density at radius 3 is 3.00 bits per heavy atom. The van der Waals surface area contributed by atoms with Gasteiger partial charge in [-0.25, -0.2) is 9.97 Å². The van der Waals surface area contributed by atoms with Gasteiger partial charge in [-0.1, -0.05) is 12.2 Å². The van der Waals surface area contributed by atoms with E-state index in [1.807, 2.05) is 12.3 Å². The number of hydrogen-bond donors (Lipinski definition) is 2. The SMILES string of the molecule is Cc1csc(Nc2cc(C(N)=S)ccn2)n1. The van der Waals surface area contributed by atoms with Crippen LogP contribution in [0.2, 0.25) is 0 Å². The van der Waals surface area contributed by atoms with Crippen LogP contribution in [0.3, 0.4) is 0 Å². The standard InChI is InChI=1S/C10H10N4S2/c1-6-5-16-10(13-6)14-8-4-7(9(11)15)2-3-12-8/h2-5H,1H3,(H2,11,15)(H,12,13,14). The molecule has 82 valence electrons. The van der Waals surface area contributed by atoms with Crippen LogP contribution in [-0.4, -0.2) is 15.0 Å². The van der Waals surface area contributed by atoms with Crippen LogP contribution in [-0.2, 0) is 0 Å². The van der Waals surface area contributed by atoms with Crippen molar-refractivity contribution in [1.82, 2.24) is 9.97 Å². The summed E-state index contributed by atoms with van der Waals surface area (Å²) in [6.45, 7) is 1.94. The molecule has 0 radical (unpaired) electrons. The maximum absolute atomic E-state index is 5.54. The molecule has 0 fully saturated rings. The molecule has 0 aromatic carbocycles. The number of nitrogens with one attached hydrogen (secondary N) is 1. The quantitative estimate of drug-likeness (QED) is 0.818. The number of nitrogens with two attached hydrogens (primary N) is 1. The molecule has 0 aliphatic rings. The van der Waals surface area contributed by atoms with Crippen LogP contribution in [0.5, 0.6) is 0 Å². The summed E-state index contributed by atoms with van der Waals surface area (Å²) in [5.74, 6) is 0.694. The highest BCUT2D eigenvalue weighted by Gasteiger charge is 2.02. The molecule has 4 nitrogen and oxygen atoms in total. The van der Waals surface area contributed by atoms with Crippen molar-refractivity contribution >= 4 is 39.5 Å². The first kappa shape index (κ1) is 11.0. The molecule has 0 aliphatic carbocycles. The molecule has 0 spiro atoms. The molecule has 2 rings (SSSR count). The number of thiocarbonyl (C=S) groups is 1. The van der Waals surface area contributed by atoms with Crippen LogP contribution in [0, 0.1) is 6.92 Å². The Morgan fingerprint density at radius 1 is 1.56 bits per heavy atom. The third-order valence-corrected chi connectivity index (χ3v) is 3.01. The average Bonchev–Trinajstić information content (AvgIpc) is 2.64. The van der Waals surface area contributed by atoms with Gasteiger partial charge in [0.15, 0.2) is 5.13 Å². The van der Waals surface area contributed by atoms with Crippen molar-refractivity contribution in [3.8, 4) is 0 Å². The second kappa shape index (κ2) is 4.54. The monoisotopic (exact) mass is 250 g/mol. The first-order chi connectivity index (χ1) is 7.65. The molecule has 3 N–H and O–H groups in total. The van der Waals surface area contributed by atoms with Crippen molar-refractivity contribution in [2.45, 2.75) is 6.92 Å². The fourth-order valence-corrected chi connectivity index (χ4v) is 2.00. The van der Waals surface area contributed by atoms with E-state index in [0.29, 0.717) is 10.8 Å². The van der Waals surface area contributed by atoms with Crippen molar-refractivity contribution in [1.29, 1.82) is 0 Å². The summed E-state index contributed by atoms with van der Waals surface area (Å²) < 4.78 is 0. The van der Waals surface area contributed by atoms with Crippen LogP contribution >= 0.6 is 23.6 Å². The highest BCUT2D eigenvalue weighted by Crippen LogP contribution is 2.19. The van der Waals surface area contributed by atoms with Gasteiger partial charge in [0, 0.05) is 17.1 Å². The van der Waals surface area contributed by atoms with Crippen molar-refractivity contribution in [2.75, 3.05) is 5.32 Å². The van der Waals surface area contributed by atoms with Crippen molar-refractivity contribution < 1.29 is 0 Å². The first-order valence-electron chi connectivity index (χ1n) is 4.60. The molecular formula is C10H10N4S2. The topological polar surface area (TPSA) is 63.8 Å². The molecule has 0 saturated carbocycles. The van der Waals surface area contributed by atoms with E-state index in [2.05, 4.69) is 15.3 Å². The molecule has 0 atom stereocenters. The number of thiazole rings is 1. The van der Waals surface area contributed by atoms with Gasteiger partial charge in [0.25, 0.3) is 0 Å². The van der Waals surface area contributed by atoms with E-state index in [9.17, 15) is 0 Å². The van der Waals surface area contributed by atoms with E-state index >= 15 is 0 Å². The predicted octanol–water partition coefficient (Wildman–Crippen LogP) is 2.22. The van der Waals surface area contributed by atoms with Gasteiger partial charge in [0.2, 0.25) is 0 Å². The lowest BCUT2D eigenvalue weighted by Crippen LogP contribution is -2.09. The fourth-order valence-electron chi connectivity index (χ4n) is 1.17. The molecular weight excluding hydrogens is 240 g/mol. The third kappa shape index (κ3) is 2.53. The second-order valence-corrected chi connectivity index (χ2v) is 4.51. The summed E-state index contributed by atoms with van der Waals surface area (Å²) in [7, 11) is 0. The van der Waals surface area contributed by atoms with Gasteiger partial charge in [-0.15, -0.1) is 11.3 Å². The van der Waals surface area contributed by atoms with E-state index in [1.54, 1.807) is 18.3 Å². The lowest BCUT2D eigenvalue weighted by molar-refractivity contribution is 1.24. The van der Waals surface area contributed by atoms with Gasteiger partial charge in [-0.2, -0.15) is 0 Å². The number of pyridine rings is 1. The Hall–Kier alpha value is -1.53. The van der Waals surface area contributed by atoms with Crippen molar-refractivity contribution in [2.24, 2.45) is 5.73 Å². The Kier molecular flexibility index (Phi) is 3.12. The minimum Gasteiger partial charge on any atom is -0.389 e. The van der Waals surface area contributed by atoms with Crippen LogP contribution < -0.4 is 11.1 Å². The zero-order valence-electron chi connectivity index (χ0n) is 8.60. The molecule has 0 saturated heterocycles. The molecule has 2 aromatic heterocycles. The number of hydrogen-bond acceptors (Lipinski definition) is 5. The molecule has 0 aliphatic heterocycles. The Balaban J connectivity index is 2.21. The highest BCUT2D eigenvalue weighted by atomic mass is 32.1. The number of aromatic nitrogens is 2. The van der Waals surface area contributed by atoms with Gasteiger partial charge in [-0.05, 0) is 19.1 Å². The molecule has 0 bridgehead atoms. The Bertz CT molecular complexity index is 521. The largest absolute Gasteiger partial charge is 0.389 e. The van der Waals surface area contributed by atoms with Crippen LogP contribution in [0.15, 0.2) is 23.7 Å². The normalized spacial score (nSPS) is 10.1. The fraction of sp³-hybridized carbons (Fsp3) is 0.100. The van der Waals surface area contributed by atoms with E-state index in [1.165, 1.54) is 11.3 Å². The number of nitrogens with zero attached hydrogens (tertiary/aromatic N) is 2.